The van der Waals surface area contributed by atoms with Crippen molar-refractivity contribution in [3.05, 3.63) is 28.0 Å². The van der Waals surface area contributed by atoms with E-state index in [4.69, 9.17) is 10.5 Å². The van der Waals surface area contributed by atoms with Gasteiger partial charge in [0.1, 0.15) is 18.2 Å². The molecular formula is C11H15N5OS. The van der Waals surface area contributed by atoms with Crippen molar-refractivity contribution >= 4 is 23.0 Å². The van der Waals surface area contributed by atoms with E-state index in [1.54, 1.807) is 24.5 Å². The first-order valence-corrected chi connectivity index (χ1v) is 6.32. The Morgan fingerprint density at radius 1 is 1.44 bits per heavy atom. The molecule has 0 aliphatic carbocycles. The van der Waals surface area contributed by atoms with Gasteiger partial charge >= 0.3 is 0 Å². The molecule has 0 saturated heterocycles. The quantitative estimate of drug-likeness (QED) is 0.853. The average Bonchev–Trinajstić information content (AvgIpc) is 2.72. The van der Waals surface area contributed by atoms with E-state index in [0.717, 1.165) is 5.69 Å². The van der Waals surface area contributed by atoms with Crippen molar-refractivity contribution in [3.8, 4) is 0 Å². The van der Waals surface area contributed by atoms with Gasteiger partial charge in [0.2, 0.25) is 0 Å². The molecular weight excluding hydrogens is 250 g/mol. The number of methoxy groups -OCH3 is 1. The number of nitrogens with zero attached hydrogens (tertiary/aromatic N) is 3. The van der Waals surface area contributed by atoms with E-state index in [1.165, 1.54) is 4.88 Å². The summed E-state index contributed by atoms with van der Waals surface area (Å²) in [7, 11) is 1.60. The molecule has 0 fully saturated rings. The van der Waals surface area contributed by atoms with Gasteiger partial charge < -0.3 is 15.8 Å². The highest BCUT2D eigenvalue weighted by molar-refractivity contribution is 7.09. The fourth-order valence-corrected chi connectivity index (χ4v) is 2.19. The number of anilines is 2. The molecule has 0 unspecified atom stereocenters. The van der Waals surface area contributed by atoms with Crippen LogP contribution in [0.3, 0.4) is 0 Å². The van der Waals surface area contributed by atoms with E-state index in [0.29, 0.717) is 30.6 Å². The highest BCUT2D eigenvalue weighted by atomic mass is 32.1. The molecule has 0 radical (unpaired) electrons. The first-order valence-electron chi connectivity index (χ1n) is 5.44. The third-order valence-corrected chi connectivity index (χ3v) is 3.28. The Bertz CT molecular complexity index is 528. The Hall–Kier alpha value is -1.73. The van der Waals surface area contributed by atoms with Crippen LogP contribution >= 0.6 is 11.3 Å². The Morgan fingerprint density at radius 2 is 2.28 bits per heavy atom. The molecule has 2 aromatic heterocycles. The average molecular weight is 265 g/mol. The zero-order valence-electron chi connectivity index (χ0n) is 10.3. The second kappa shape index (κ2) is 5.74. The van der Waals surface area contributed by atoms with Gasteiger partial charge in [-0.2, -0.15) is 0 Å². The first kappa shape index (κ1) is 12.7. The summed E-state index contributed by atoms with van der Waals surface area (Å²) in [5.41, 5.74) is 8.58. The van der Waals surface area contributed by atoms with Gasteiger partial charge in [0.05, 0.1) is 17.7 Å². The van der Waals surface area contributed by atoms with E-state index >= 15 is 0 Å². The molecule has 96 valence electrons. The van der Waals surface area contributed by atoms with Crippen LogP contribution in [0.15, 0.2) is 11.6 Å². The molecule has 3 N–H and O–H groups in total. The van der Waals surface area contributed by atoms with Crippen LogP contribution in [0, 0.1) is 6.92 Å². The lowest BCUT2D eigenvalue weighted by atomic mass is 10.4. The Kier molecular flexibility index (Phi) is 4.06. The maximum atomic E-state index is 5.71. The minimum absolute atomic E-state index is 0.347. The molecule has 2 heterocycles. The number of aryl methyl sites for hydroxylation is 1. The molecule has 0 atom stereocenters. The van der Waals surface area contributed by atoms with Gasteiger partial charge in [-0.05, 0) is 6.92 Å². The first-order chi connectivity index (χ1) is 8.69. The Labute approximate surface area is 109 Å². The molecule has 0 saturated carbocycles. The normalized spacial score (nSPS) is 10.6. The lowest BCUT2D eigenvalue weighted by Gasteiger charge is -2.07. The molecule has 0 amide bonds. The van der Waals surface area contributed by atoms with Gasteiger partial charge in [-0.15, -0.1) is 11.3 Å². The van der Waals surface area contributed by atoms with Crippen molar-refractivity contribution in [2.45, 2.75) is 20.1 Å². The largest absolute Gasteiger partial charge is 0.384 e. The van der Waals surface area contributed by atoms with Crippen molar-refractivity contribution in [3.63, 3.8) is 0 Å². The van der Waals surface area contributed by atoms with E-state index in [-0.39, 0.29) is 0 Å². The number of aromatic nitrogens is 3. The minimum atomic E-state index is 0.347. The lowest BCUT2D eigenvalue weighted by Crippen LogP contribution is -2.07. The second-order valence-corrected chi connectivity index (χ2v) is 4.68. The number of hydrogen-bond acceptors (Lipinski definition) is 7. The van der Waals surface area contributed by atoms with Crippen molar-refractivity contribution < 1.29 is 4.74 Å². The Morgan fingerprint density at radius 3 is 2.94 bits per heavy atom. The number of rotatable bonds is 5. The maximum absolute atomic E-state index is 5.71. The molecule has 0 aliphatic rings. The fourth-order valence-electron chi connectivity index (χ4n) is 1.47. The van der Waals surface area contributed by atoms with Crippen LogP contribution in [0.5, 0.6) is 0 Å². The highest BCUT2D eigenvalue weighted by Gasteiger charge is 2.05. The summed E-state index contributed by atoms with van der Waals surface area (Å²) in [5, 5.41) is 3.21. The van der Waals surface area contributed by atoms with Crippen molar-refractivity contribution in [2.75, 3.05) is 18.2 Å². The van der Waals surface area contributed by atoms with E-state index < -0.39 is 0 Å². The number of nitrogens with two attached hydrogens (primary N) is 1. The number of thiazole rings is 1. The van der Waals surface area contributed by atoms with Crippen molar-refractivity contribution in [2.24, 2.45) is 0 Å². The summed E-state index contributed by atoms with van der Waals surface area (Å²) in [5.74, 6) is 1.70. The van der Waals surface area contributed by atoms with Crippen LogP contribution in [-0.4, -0.2) is 22.1 Å². The predicted molar refractivity (Wildman–Crippen MR) is 71.3 cm³/mol. The van der Waals surface area contributed by atoms with E-state index in [9.17, 15) is 0 Å². The molecule has 7 heteroatoms. The zero-order valence-corrected chi connectivity index (χ0v) is 11.1. The molecule has 0 bridgehead atoms. The van der Waals surface area contributed by atoms with E-state index in [1.807, 2.05) is 12.4 Å². The molecule has 0 spiro atoms. The summed E-state index contributed by atoms with van der Waals surface area (Å²) in [6.45, 7) is 3.01. The third-order valence-electron chi connectivity index (χ3n) is 2.34. The molecule has 0 aliphatic heterocycles. The molecule has 2 aromatic rings. The van der Waals surface area contributed by atoms with Crippen LogP contribution in [0.25, 0.3) is 0 Å². The standard InChI is InChI=1S/C11H15N5OS/c1-7-8(18-6-14-7)4-13-10-3-9(12)15-11(16-10)5-17-2/h3,6H,4-5H2,1-2H3,(H3,12,13,15,16). The fraction of sp³-hybridized carbons (Fsp3) is 0.364. The van der Waals surface area contributed by atoms with E-state index in [2.05, 4.69) is 20.3 Å². The number of nitrogen functional groups attached to an aromatic ring is 1. The number of nitrogens with one attached hydrogen (secondary N) is 1. The maximum Gasteiger partial charge on any atom is 0.158 e. The van der Waals surface area contributed by atoms with Gasteiger partial charge in [-0.1, -0.05) is 0 Å². The molecule has 0 aromatic carbocycles. The van der Waals surface area contributed by atoms with Crippen LogP contribution in [0.1, 0.15) is 16.4 Å². The number of ether oxygens (including phenoxy) is 1. The third kappa shape index (κ3) is 3.14. The summed E-state index contributed by atoms with van der Waals surface area (Å²) >= 11 is 1.61. The summed E-state index contributed by atoms with van der Waals surface area (Å²) in [6, 6.07) is 1.70. The molecule has 6 nitrogen and oxygen atoms in total. The van der Waals surface area contributed by atoms with Crippen LogP contribution in [0.2, 0.25) is 0 Å². The topological polar surface area (TPSA) is 86.0 Å². The molecule has 2 rings (SSSR count). The SMILES string of the molecule is COCc1nc(N)cc(NCc2scnc2C)n1. The van der Waals surface area contributed by atoms with Gasteiger partial charge in [0.25, 0.3) is 0 Å². The Balaban J connectivity index is 2.07. The number of hydrogen-bond donors (Lipinski definition) is 2. The molecule has 18 heavy (non-hydrogen) atoms. The summed E-state index contributed by atoms with van der Waals surface area (Å²) < 4.78 is 4.99. The smallest absolute Gasteiger partial charge is 0.158 e. The second-order valence-electron chi connectivity index (χ2n) is 3.74. The predicted octanol–water partition coefficient (Wildman–Crippen LogP) is 1.58. The summed E-state index contributed by atoms with van der Waals surface area (Å²) in [4.78, 5) is 13.8. The van der Waals surface area contributed by atoms with Gasteiger partial charge in [-0.25, -0.2) is 15.0 Å². The monoisotopic (exact) mass is 265 g/mol. The van der Waals surface area contributed by atoms with Crippen LogP contribution < -0.4 is 11.1 Å². The van der Waals surface area contributed by atoms with Crippen molar-refractivity contribution in [1.82, 2.24) is 15.0 Å². The van der Waals surface area contributed by atoms with Gasteiger partial charge in [0.15, 0.2) is 5.82 Å². The summed E-state index contributed by atoms with van der Waals surface area (Å²) in [6.07, 6.45) is 0. The van der Waals surface area contributed by atoms with Gasteiger partial charge in [-0.3, -0.25) is 0 Å². The van der Waals surface area contributed by atoms with Gasteiger partial charge in [0, 0.05) is 18.1 Å². The van der Waals surface area contributed by atoms with Crippen LogP contribution in [-0.2, 0) is 17.9 Å². The highest BCUT2D eigenvalue weighted by Crippen LogP contribution is 2.15. The lowest BCUT2D eigenvalue weighted by molar-refractivity contribution is 0.178. The van der Waals surface area contributed by atoms with Crippen molar-refractivity contribution in [1.29, 1.82) is 0 Å². The minimum Gasteiger partial charge on any atom is -0.384 e. The zero-order chi connectivity index (χ0) is 13.0. The van der Waals surface area contributed by atoms with Crippen LogP contribution in [0.4, 0.5) is 11.6 Å².